The molecule has 2 heterocycles. The van der Waals surface area contributed by atoms with Crippen LogP contribution in [0.25, 0.3) is 6.08 Å². The molecule has 11 heteroatoms. The molecule has 35 heavy (non-hydrogen) atoms. The van der Waals surface area contributed by atoms with Crippen molar-refractivity contribution in [2.75, 3.05) is 12.9 Å². The number of fused-ring (bicyclic) bond motifs is 1. The van der Waals surface area contributed by atoms with E-state index in [-0.39, 0.29) is 22.3 Å². The van der Waals surface area contributed by atoms with Crippen molar-refractivity contribution in [2.24, 2.45) is 4.99 Å². The van der Waals surface area contributed by atoms with E-state index in [1.807, 2.05) is 30.5 Å². The van der Waals surface area contributed by atoms with Gasteiger partial charge in [-0.1, -0.05) is 35.6 Å². The van der Waals surface area contributed by atoms with Gasteiger partial charge in [-0.15, -0.1) is 11.8 Å². The van der Waals surface area contributed by atoms with Gasteiger partial charge in [0.25, 0.3) is 11.2 Å². The van der Waals surface area contributed by atoms with Gasteiger partial charge in [-0.2, -0.15) is 0 Å². The summed E-state index contributed by atoms with van der Waals surface area (Å²) in [6.07, 6.45) is 3.28. The minimum Gasteiger partial charge on any atom is -0.867 e. The molecule has 1 aromatic heterocycles. The van der Waals surface area contributed by atoms with Gasteiger partial charge in [0.1, 0.15) is 0 Å². The quantitative estimate of drug-likeness (QED) is 0.216. The van der Waals surface area contributed by atoms with Gasteiger partial charge in [-0.05, 0) is 55.2 Å². The summed E-state index contributed by atoms with van der Waals surface area (Å²) in [5.74, 6) is -1.35. The molecule has 3 aromatic rings. The summed E-state index contributed by atoms with van der Waals surface area (Å²) >= 11 is 2.61. The maximum atomic E-state index is 13.6. The van der Waals surface area contributed by atoms with Crippen LogP contribution < -0.4 is 20.0 Å². The first-order valence-electron chi connectivity index (χ1n) is 10.5. The number of allylic oxidation sites excluding steroid dienone is 1. The number of nitro benzene ring substituents is 1. The number of thioether (sulfide) groups is 1. The van der Waals surface area contributed by atoms with Crippen LogP contribution in [0.1, 0.15) is 31.0 Å². The molecule has 0 spiro atoms. The zero-order chi connectivity index (χ0) is 25.3. The zero-order valence-corrected chi connectivity index (χ0v) is 20.6. The highest BCUT2D eigenvalue weighted by Gasteiger charge is 2.33. The van der Waals surface area contributed by atoms with Crippen LogP contribution in [0.4, 0.5) is 5.69 Å². The van der Waals surface area contributed by atoms with Crippen molar-refractivity contribution >= 4 is 40.8 Å². The Morgan fingerprint density at radius 2 is 2.00 bits per heavy atom. The Morgan fingerprint density at radius 3 is 2.63 bits per heavy atom. The number of aromatic nitrogens is 1. The number of thiazole rings is 1. The van der Waals surface area contributed by atoms with Gasteiger partial charge in [0.05, 0.1) is 33.4 Å². The molecule has 1 aliphatic heterocycles. The maximum absolute atomic E-state index is 13.6. The van der Waals surface area contributed by atoms with E-state index in [1.54, 1.807) is 25.6 Å². The number of hydrogen-bond donors (Lipinski definition) is 0. The lowest BCUT2D eigenvalue weighted by Crippen LogP contribution is -2.39. The maximum Gasteiger partial charge on any atom is 0.338 e. The molecule has 4 rings (SSSR count). The summed E-state index contributed by atoms with van der Waals surface area (Å²) < 4.78 is 6.85. The van der Waals surface area contributed by atoms with Crippen molar-refractivity contribution in [2.45, 2.75) is 24.8 Å². The molecule has 0 amide bonds. The molecular weight excluding hydrogens is 490 g/mol. The van der Waals surface area contributed by atoms with Crippen molar-refractivity contribution in [3.63, 3.8) is 0 Å². The highest BCUT2D eigenvalue weighted by atomic mass is 32.2. The predicted octanol–water partition coefficient (Wildman–Crippen LogP) is 2.50. The number of ether oxygens (including phenoxy) is 1. The van der Waals surface area contributed by atoms with Gasteiger partial charge in [0, 0.05) is 11.0 Å². The summed E-state index contributed by atoms with van der Waals surface area (Å²) in [6, 6.07) is 10.7. The van der Waals surface area contributed by atoms with E-state index in [9.17, 15) is 24.8 Å². The largest absolute Gasteiger partial charge is 0.867 e. The van der Waals surface area contributed by atoms with Gasteiger partial charge in [-0.25, -0.2) is 9.79 Å². The number of carbonyl (C=O) groups excluding carboxylic acids is 1. The van der Waals surface area contributed by atoms with Crippen LogP contribution in [0.3, 0.4) is 0 Å². The molecule has 9 nitrogen and oxygen atoms in total. The smallest absolute Gasteiger partial charge is 0.338 e. The van der Waals surface area contributed by atoms with Crippen LogP contribution in [-0.4, -0.2) is 28.3 Å². The molecule has 0 N–H and O–H groups in total. The molecule has 0 aliphatic carbocycles. The fourth-order valence-electron chi connectivity index (χ4n) is 3.83. The molecule has 2 aromatic carbocycles. The predicted molar refractivity (Wildman–Crippen MR) is 131 cm³/mol. The first-order chi connectivity index (χ1) is 16.8. The normalized spacial score (nSPS) is 15.5. The number of esters is 1. The summed E-state index contributed by atoms with van der Waals surface area (Å²) in [4.78, 5) is 42.7. The number of nitrogens with zero attached hydrogens (tertiary/aromatic N) is 3. The van der Waals surface area contributed by atoms with Crippen LogP contribution >= 0.6 is 23.1 Å². The second-order valence-electron chi connectivity index (χ2n) is 7.53. The fraction of sp³-hybridized carbons (Fsp3) is 0.208. The molecule has 0 saturated heterocycles. The number of carbonyl (C=O) groups is 1. The Kier molecular flexibility index (Phi) is 6.90. The van der Waals surface area contributed by atoms with E-state index in [0.717, 1.165) is 22.3 Å². The second kappa shape index (κ2) is 9.88. The second-order valence-corrected chi connectivity index (χ2v) is 9.42. The Morgan fingerprint density at radius 1 is 1.29 bits per heavy atom. The average molecular weight is 511 g/mol. The molecule has 0 unspecified atom stereocenters. The summed E-state index contributed by atoms with van der Waals surface area (Å²) in [7, 11) is 0. The van der Waals surface area contributed by atoms with E-state index < -0.39 is 33.9 Å². The van der Waals surface area contributed by atoms with Gasteiger partial charge in [0.15, 0.2) is 4.80 Å². The molecule has 0 radical (unpaired) electrons. The summed E-state index contributed by atoms with van der Waals surface area (Å²) in [5.41, 5.74) is 0.364. The Hall–Kier alpha value is -3.70. The third kappa shape index (κ3) is 4.52. The number of para-hydroxylation sites is 1. The molecule has 0 saturated carbocycles. The number of rotatable bonds is 6. The highest BCUT2D eigenvalue weighted by molar-refractivity contribution is 7.98. The Balaban J connectivity index is 1.95. The summed E-state index contributed by atoms with van der Waals surface area (Å²) in [6.45, 7) is 3.55. The van der Waals surface area contributed by atoms with Gasteiger partial charge in [-0.3, -0.25) is 19.5 Å². The highest BCUT2D eigenvalue weighted by Crippen LogP contribution is 2.32. The van der Waals surface area contributed by atoms with E-state index in [4.69, 9.17) is 4.74 Å². The number of hydrogen-bond acceptors (Lipinski definition) is 9. The van der Waals surface area contributed by atoms with E-state index in [1.165, 1.54) is 22.8 Å². The van der Waals surface area contributed by atoms with Gasteiger partial charge < -0.3 is 9.84 Å². The van der Waals surface area contributed by atoms with E-state index >= 15 is 0 Å². The lowest BCUT2D eigenvalue weighted by molar-refractivity contribution is -0.398. The monoisotopic (exact) mass is 510 g/mol. The Labute approximate surface area is 207 Å². The van der Waals surface area contributed by atoms with Crippen LogP contribution in [-0.2, 0) is 9.53 Å². The molecule has 1 aliphatic rings. The third-order valence-electron chi connectivity index (χ3n) is 5.46. The first-order valence-corrected chi connectivity index (χ1v) is 12.6. The van der Waals surface area contributed by atoms with Crippen molar-refractivity contribution in [1.29, 1.82) is 0 Å². The topological polar surface area (TPSA) is 127 Å². The van der Waals surface area contributed by atoms with Crippen molar-refractivity contribution in [3.05, 3.63) is 94.7 Å². The third-order valence-corrected chi connectivity index (χ3v) is 7.18. The van der Waals surface area contributed by atoms with E-state index in [0.29, 0.717) is 16.1 Å². The summed E-state index contributed by atoms with van der Waals surface area (Å²) in [5, 5.41) is 23.7. The molecular formula is C24H20N3O6S2-. The average Bonchev–Trinajstić information content (AvgIpc) is 3.13. The van der Waals surface area contributed by atoms with Crippen LogP contribution in [0.5, 0.6) is 5.75 Å². The number of nitro groups is 1. The van der Waals surface area contributed by atoms with Crippen LogP contribution in [0.15, 0.2) is 68.4 Å². The number of benzene rings is 2. The van der Waals surface area contributed by atoms with Gasteiger partial charge in [0.2, 0.25) is 0 Å². The standard InChI is InChI=1S/C24H21N3O6S2/c1-4-33-23(30)19-13(2)25-24-26(20(19)14-8-10-16(34-3)11-9-14)22(29)18(35-24)12-15-6-5-7-17(21(15)28)27(31)32/h5-12,20,28H,4H2,1-3H3/p-1/b18-12+/t20-/m1/s1. The van der Waals surface area contributed by atoms with Crippen molar-refractivity contribution in [3.8, 4) is 5.75 Å². The van der Waals surface area contributed by atoms with Crippen LogP contribution in [0.2, 0.25) is 0 Å². The van der Waals surface area contributed by atoms with Crippen molar-refractivity contribution in [1.82, 2.24) is 4.57 Å². The molecule has 180 valence electrons. The minimum absolute atomic E-state index is 0.0201. The van der Waals surface area contributed by atoms with E-state index in [2.05, 4.69) is 4.99 Å². The molecule has 0 fully saturated rings. The SMILES string of the molecule is CCOC(=O)C1=C(C)N=c2s/c(=C/c3cccc([N+](=O)[O-])c3[O-])c(=O)n2[C@@H]1c1ccc(SC)cc1. The zero-order valence-electron chi connectivity index (χ0n) is 19.0. The lowest BCUT2D eigenvalue weighted by Gasteiger charge is -2.24. The fourth-order valence-corrected chi connectivity index (χ4v) is 5.28. The molecule has 1 atom stereocenters. The van der Waals surface area contributed by atoms with Gasteiger partial charge >= 0.3 is 5.97 Å². The molecule has 0 bridgehead atoms. The Bertz CT molecular complexity index is 1540. The van der Waals surface area contributed by atoms with Crippen LogP contribution in [0, 0.1) is 10.1 Å². The minimum atomic E-state index is -0.782. The van der Waals surface area contributed by atoms with Crippen molar-refractivity contribution < 1.29 is 19.6 Å². The first kappa shape index (κ1) is 24.4. The lowest BCUT2D eigenvalue weighted by atomic mass is 9.96.